The molecule has 1 fully saturated rings. The summed E-state index contributed by atoms with van der Waals surface area (Å²) < 4.78 is 0.844. The number of nitrogens with zero attached hydrogens (tertiary/aromatic N) is 1. The van der Waals surface area contributed by atoms with Gasteiger partial charge < -0.3 is 4.90 Å². The molecule has 0 aliphatic carbocycles. The Balaban J connectivity index is 2.24. The quantitative estimate of drug-likeness (QED) is 0.749. The van der Waals surface area contributed by atoms with Crippen LogP contribution in [0.4, 0.5) is 0 Å². The average molecular weight is 331 g/mol. The van der Waals surface area contributed by atoms with Crippen LogP contribution in [0.3, 0.4) is 0 Å². The van der Waals surface area contributed by atoms with E-state index in [1.807, 2.05) is 11.0 Å². The Morgan fingerprint density at radius 1 is 1.39 bits per heavy atom. The van der Waals surface area contributed by atoms with E-state index in [4.69, 9.17) is 11.6 Å². The van der Waals surface area contributed by atoms with Gasteiger partial charge in [0.2, 0.25) is 0 Å². The zero-order valence-electron chi connectivity index (χ0n) is 10.6. The van der Waals surface area contributed by atoms with Crippen LogP contribution in [0.2, 0.25) is 5.02 Å². The molecule has 1 amide bonds. The predicted octanol–water partition coefficient (Wildman–Crippen LogP) is 4.36. The van der Waals surface area contributed by atoms with Crippen molar-refractivity contribution in [3.8, 4) is 0 Å². The number of benzene rings is 1. The number of piperidine rings is 1. The Morgan fingerprint density at radius 3 is 2.78 bits per heavy atom. The molecule has 18 heavy (non-hydrogen) atoms. The highest BCUT2D eigenvalue weighted by molar-refractivity contribution is 9.10. The van der Waals surface area contributed by atoms with Crippen molar-refractivity contribution in [2.45, 2.75) is 32.7 Å². The van der Waals surface area contributed by atoms with Gasteiger partial charge in [0.1, 0.15) is 0 Å². The van der Waals surface area contributed by atoms with Gasteiger partial charge in [-0.05, 0) is 43.9 Å². The lowest BCUT2D eigenvalue weighted by molar-refractivity contribution is 0.0551. The molecule has 1 saturated heterocycles. The maximum absolute atomic E-state index is 12.5. The number of likely N-dealkylation sites (tertiary alicyclic amines) is 1. The maximum atomic E-state index is 12.5. The van der Waals surface area contributed by atoms with Gasteiger partial charge in [-0.15, -0.1) is 0 Å². The molecule has 0 saturated carbocycles. The van der Waals surface area contributed by atoms with Crippen molar-refractivity contribution in [2.75, 3.05) is 6.54 Å². The van der Waals surface area contributed by atoms with Gasteiger partial charge in [0.15, 0.2) is 0 Å². The molecule has 0 radical (unpaired) electrons. The van der Waals surface area contributed by atoms with E-state index >= 15 is 0 Å². The minimum atomic E-state index is 0.0808. The molecular formula is C14H17BrClNO. The first-order valence-corrected chi connectivity index (χ1v) is 7.43. The summed E-state index contributed by atoms with van der Waals surface area (Å²) in [7, 11) is 0. The second-order valence-corrected chi connectivity index (χ2v) is 6.37. The molecule has 0 spiro atoms. The summed E-state index contributed by atoms with van der Waals surface area (Å²) in [6.45, 7) is 5.17. The predicted molar refractivity (Wildman–Crippen MR) is 78.0 cm³/mol. The summed E-state index contributed by atoms with van der Waals surface area (Å²) in [5.74, 6) is 0.641. The lowest BCUT2D eigenvalue weighted by Gasteiger charge is -2.38. The molecular weight excluding hydrogens is 314 g/mol. The lowest BCUT2D eigenvalue weighted by Crippen LogP contribution is -2.46. The molecule has 1 aliphatic rings. The first-order valence-electron chi connectivity index (χ1n) is 6.26. The van der Waals surface area contributed by atoms with E-state index in [-0.39, 0.29) is 5.91 Å². The van der Waals surface area contributed by atoms with Gasteiger partial charge in [0.25, 0.3) is 5.91 Å². The molecule has 1 aliphatic heterocycles. The zero-order chi connectivity index (χ0) is 13.3. The Morgan fingerprint density at radius 2 is 2.11 bits per heavy atom. The molecule has 2 nitrogen and oxygen atoms in total. The second kappa shape index (κ2) is 5.62. The summed E-state index contributed by atoms with van der Waals surface area (Å²) in [5, 5.41) is 0.588. The van der Waals surface area contributed by atoms with Crippen LogP contribution in [0.25, 0.3) is 0 Å². The highest BCUT2D eigenvalue weighted by Crippen LogP contribution is 2.26. The van der Waals surface area contributed by atoms with Crippen molar-refractivity contribution < 1.29 is 4.79 Å². The standard InChI is InChI=1S/C14H17BrClNO/c1-9-4-3-5-17(10(9)2)14(18)11-6-12(15)8-13(16)7-11/h6-10H,3-5H2,1-2H3. The van der Waals surface area contributed by atoms with Crippen molar-refractivity contribution >= 4 is 33.4 Å². The van der Waals surface area contributed by atoms with E-state index in [9.17, 15) is 4.79 Å². The van der Waals surface area contributed by atoms with Gasteiger partial charge in [-0.25, -0.2) is 0 Å². The SMILES string of the molecule is CC1CCCN(C(=O)c2cc(Cl)cc(Br)c2)C1C. The number of carbonyl (C=O) groups excluding carboxylic acids is 1. The molecule has 2 rings (SSSR count). The number of amides is 1. The Bertz CT molecular complexity index is 443. The monoisotopic (exact) mass is 329 g/mol. The summed E-state index contributed by atoms with van der Waals surface area (Å²) in [6.07, 6.45) is 2.28. The van der Waals surface area contributed by atoms with E-state index in [2.05, 4.69) is 29.8 Å². The van der Waals surface area contributed by atoms with Crippen LogP contribution in [-0.2, 0) is 0 Å². The summed E-state index contributed by atoms with van der Waals surface area (Å²) in [4.78, 5) is 14.5. The molecule has 4 heteroatoms. The van der Waals surface area contributed by atoms with Crippen molar-refractivity contribution in [3.05, 3.63) is 33.3 Å². The Hall–Kier alpha value is -0.540. The van der Waals surface area contributed by atoms with Gasteiger partial charge >= 0.3 is 0 Å². The normalized spacial score (nSPS) is 24.1. The van der Waals surface area contributed by atoms with Crippen molar-refractivity contribution in [1.29, 1.82) is 0 Å². The zero-order valence-corrected chi connectivity index (χ0v) is 13.0. The molecule has 0 bridgehead atoms. The third kappa shape index (κ3) is 2.89. The first kappa shape index (κ1) is 13.9. The second-order valence-electron chi connectivity index (χ2n) is 5.02. The van der Waals surface area contributed by atoms with Crippen LogP contribution in [0.5, 0.6) is 0 Å². The van der Waals surface area contributed by atoms with E-state index < -0.39 is 0 Å². The fraction of sp³-hybridized carbons (Fsp3) is 0.500. The highest BCUT2D eigenvalue weighted by atomic mass is 79.9. The molecule has 1 aromatic rings. The molecule has 0 N–H and O–H groups in total. The van der Waals surface area contributed by atoms with Crippen LogP contribution in [0.1, 0.15) is 37.0 Å². The Kier molecular flexibility index (Phi) is 4.33. The van der Waals surface area contributed by atoms with Gasteiger partial charge in [-0.3, -0.25) is 4.79 Å². The van der Waals surface area contributed by atoms with E-state index in [1.54, 1.807) is 12.1 Å². The molecule has 1 heterocycles. The van der Waals surface area contributed by atoms with Gasteiger partial charge in [0.05, 0.1) is 0 Å². The summed E-state index contributed by atoms with van der Waals surface area (Å²) in [6, 6.07) is 5.66. The summed E-state index contributed by atoms with van der Waals surface area (Å²) in [5.41, 5.74) is 0.662. The smallest absolute Gasteiger partial charge is 0.254 e. The molecule has 98 valence electrons. The highest BCUT2D eigenvalue weighted by Gasteiger charge is 2.29. The fourth-order valence-electron chi connectivity index (χ4n) is 2.47. The number of halogens is 2. The molecule has 2 unspecified atom stereocenters. The van der Waals surface area contributed by atoms with E-state index in [0.717, 1.165) is 17.4 Å². The fourth-order valence-corrected chi connectivity index (χ4v) is 3.33. The third-order valence-electron chi connectivity index (χ3n) is 3.74. The largest absolute Gasteiger partial charge is 0.336 e. The van der Waals surface area contributed by atoms with Crippen LogP contribution in [0, 0.1) is 5.92 Å². The first-order chi connectivity index (χ1) is 8.49. The average Bonchev–Trinajstić information content (AvgIpc) is 2.30. The molecule has 2 atom stereocenters. The van der Waals surface area contributed by atoms with Crippen molar-refractivity contribution in [1.82, 2.24) is 4.90 Å². The third-order valence-corrected chi connectivity index (χ3v) is 4.42. The molecule has 1 aromatic carbocycles. The number of rotatable bonds is 1. The number of carbonyl (C=O) groups is 1. The van der Waals surface area contributed by atoms with Gasteiger partial charge in [0, 0.05) is 27.6 Å². The summed E-state index contributed by atoms with van der Waals surface area (Å²) >= 11 is 9.37. The minimum absolute atomic E-state index is 0.0808. The number of hydrogen-bond donors (Lipinski definition) is 0. The minimum Gasteiger partial charge on any atom is -0.336 e. The van der Waals surface area contributed by atoms with Crippen LogP contribution in [0.15, 0.2) is 22.7 Å². The topological polar surface area (TPSA) is 20.3 Å². The maximum Gasteiger partial charge on any atom is 0.254 e. The van der Waals surface area contributed by atoms with Gasteiger partial charge in [-0.1, -0.05) is 34.5 Å². The van der Waals surface area contributed by atoms with E-state index in [0.29, 0.717) is 22.5 Å². The van der Waals surface area contributed by atoms with Crippen LogP contribution >= 0.6 is 27.5 Å². The van der Waals surface area contributed by atoms with Crippen molar-refractivity contribution in [3.63, 3.8) is 0 Å². The molecule has 0 aromatic heterocycles. The van der Waals surface area contributed by atoms with Gasteiger partial charge in [-0.2, -0.15) is 0 Å². The van der Waals surface area contributed by atoms with Crippen LogP contribution < -0.4 is 0 Å². The van der Waals surface area contributed by atoms with E-state index in [1.165, 1.54) is 6.42 Å². The Labute approximate surface area is 121 Å². The van der Waals surface area contributed by atoms with Crippen LogP contribution in [-0.4, -0.2) is 23.4 Å². The number of hydrogen-bond acceptors (Lipinski definition) is 1. The van der Waals surface area contributed by atoms with Crippen molar-refractivity contribution in [2.24, 2.45) is 5.92 Å². The lowest BCUT2D eigenvalue weighted by atomic mass is 9.91.